The van der Waals surface area contributed by atoms with Gasteiger partial charge in [0.25, 0.3) is 0 Å². The Bertz CT molecular complexity index is 563. The van der Waals surface area contributed by atoms with Crippen LogP contribution in [0.2, 0.25) is 0 Å². The van der Waals surface area contributed by atoms with Gasteiger partial charge in [0.1, 0.15) is 0 Å². The van der Waals surface area contributed by atoms with E-state index in [1.54, 1.807) is 0 Å². The van der Waals surface area contributed by atoms with Crippen molar-refractivity contribution in [3.8, 4) is 0 Å². The summed E-state index contributed by atoms with van der Waals surface area (Å²) in [6.45, 7) is 4.37. The van der Waals surface area contributed by atoms with Crippen LogP contribution in [0.25, 0.3) is 0 Å². The van der Waals surface area contributed by atoms with Gasteiger partial charge in [0.15, 0.2) is 0 Å². The highest BCUT2D eigenvalue weighted by Crippen LogP contribution is 2.21. The summed E-state index contributed by atoms with van der Waals surface area (Å²) >= 11 is 0. The molecule has 0 saturated carbocycles. The van der Waals surface area contributed by atoms with E-state index in [4.69, 9.17) is 0 Å². The van der Waals surface area contributed by atoms with Gasteiger partial charge >= 0.3 is 0 Å². The third-order valence-corrected chi connectivity index (χ3v) is 3.73. The molecule has 2 aromatic rings. The van der Waals surface area contributed by atoms with Crippen LogP contribution in [-0.4, -0.2) is 5.91 Å². The van der Waals surface area contributed by atoms with E-state index in [0.717, 1.165) is 12.8 Å². The summed E-state index contributed by atoms with van der Waals surface area (Å²) in [6.07, 6.45) is 2.28. The van der Waals surface area contributed by atoms with E-state index in [1.807, 2.05) is 36.4 Å². The molecule has 0 radical (unpaired) electrons. The van der Waals surface area contributed by atoms with Gasteiger partial charge in [-0.3, -0.25) is 4.79 Å². The number of rotatable bonds is 7. The highest BCUT2D eigenvalue weighted by molar-refractivity contribution is 5.76. The molecule has 0 aliphatic heterocycles. The van der Waals surface area contributed by atoms with Gasteiger partial charge in [0, 0.05) is 6.42 Å². The highest BCUT2D eigenvalue weighted by Gasteiger charge is 2.15. The van der Waals surface area contributed by atoms with Crippen molar-refractivity contribution in [3.63, 3.8) is 0 Å². The van der Waals surface area contributed by atoms with Gasteiger partial charge in [-0.15, -0.1) is 0 Å². The summed E-state index contributed by atoms with van der Waals surface area (Å²) in [4.78, 5) is 12.3. The molecule has 116 valence electrons. The van der Waals surface area contributed by atoms with Gasteiger partial charge in [-0.2, -0.15) is 0 Å². The Hall–Kier alpha value is -2.09. The van der Waals surface area contributed by atoms with Gasteiger partial charge < -0.3 is 5.32 Å². The molecule has 0 aromatic heterocycles. The van der Waals surface area contributed by atoms with Gasteiger partial charge in [0.05, 0.1) is 6.04 Å². The lowest BCUT2D eigenvalue weighted by Gasteiger charge is -2.21. The molecule has 1 atom stereocenters. The van der Waals surface area contributed by atoms with Crippen molar-refractivity contribution in [3.05, 3.63) is 71.8 Å². The predicted octanol–water partition coefficient (Wildman–Crippen LogP) is 4.52. The van der Waals surface area contributed by atoms with Crippen molar-refractivity contribution < 1.29 is 4.79 Å². The molecule has 0 saturated heterocycles. The number of amides is 1. The third kappa shape index (κ3) is 5.36. The molecule has 0 aliphatic rings. The Balaban J connectivity index is 1.93. The Morgan fingerprint density at radius 3 is 2.14 bits per heavy atom. The number of carbonyl (C=O) groups is 1. The zero-order valence-electron chi connectivity index (χ0n) is 13.5. The molecular weight excluding hydrogens is 270 g/mol. The summed E-state index contributed by atoms with van der Waals surface area (Å²) in [5.74, 6) is 0.665. The fourth-order valence-corrected chi connectivity index (χ4v) is 2.60. The van der Waals surface area contributed by atoms with E-state index in [-0.39, 0.29) is 11.9 Å². The molecule has 0 spiro atoms. The summed E-state index contributed by atoms with van der Waals surface area (Å²) in [6, 6.07) is 20.5. The number of carbonyl (C=O) groups excluding carboxylic acids is 1. The summed E-state index contributed by atoms with van der Waals surface area (Å²) in [5, 5.41) is 3.20. The molecular formula is C20H25NO. The molecule has 1 amide bonds. The van der Waals surface area contributed by atoms with E-state index in [1.165, 1.54) is 11.1 Å². The number of hydrogen-bond donors (Lipinski definition) is 1. The molecule has 2 aromatic carbocycles. The van der Waals surface area contributed by atoms with E-state index in [2.05, 4.69) is 43.4 Å². The zero-order chi connectivity index (χ0) is 15.8. The molecule has 0 unspecified atom stereocenters. The molecule has 2 heteroatoms. The largest absolute Gasteiger partial charge is 0.349 e. The minimum Gasteiger partial charge on any atom is -0.349 e. The SMILES string of the molecule is CC(C)C[C@@H](NC(=O)CCc1ccccc1)c1ccccc1. The topological polar surface area (TPSA) is 29.1 Å². The molecule has 1 N–H and O–H groups in total. The number of aryl methyl sites for hydroxylation is 1. The second-order valence-electron chi connectivity index (χ2n) is 6.15. The molecule has 0 aliphatic carbocycles. The van der Waals surface area contributed by atoms with Crippen LogP contribution in [0.1, 0.15) is 43.9 Å². The van der Waals surface area contributed by atoms with E-state index >= 15 is 0 Å². The maximum absolute atomic E-state index is 12.3. The van der Waals surface area contributed by atoms with Crippen LogP contribution in [0.4, 0.5) is 0 Å². The number of hydrogen-bond acceptors (Lipinski definition) is 1. The normalized spacial score (nSPS) is 12.1. The summed E-state index contributed by atoms with van der Waals surface area (Å²) < 4.78 is 0. The van der Waals surface area contributed by atoms with Crippen molar-refractivity contribution in [2.75, 3.05) is 0 Å². The van der Waals surface area contributed by atoms with Gasteiger partial charge in [-0.05, 0) is 29.9 Å². The Morgan fingerprint density at radius 1 is 0.955 bits per heavy atom. The fraction of sp³-hybridized carbons (Fsp3) is 0.350. The number of benzene rings is 2. The van der Waals surface area contributed by atoms with Crippen LogP contribution < -0.4 is 5.32 Å². The van der Waals surface area contributed by atoms with Crippen molar-refractivity contribution in [1.82, 2.24) is 5.32 Å². The molecule has 0 fully saturated rings. The smallest absolute Gasteiger partial charge is 0.220 e. The fourth-order valence-electron chi connectivity index (χ4n) is 2.60. The lowest BCUT2D eigenvalue weighted by molar-refractivity contribution is -0.121. The first-order valence-corrected chi connectivity index (χ1v) is 8.03. The maximum Gasteiger partial charge on any atom is 0.220 e. The minimum absolute atomic E-state index is 0.101. The second kappa shape index (κ2) is 8.38. The molecule has 0 bridgehead atoms. The van der Waals surface area contributed by atoms with Crippen LogP contribution in [0, 0.1) is 5.92 Å². The molecule has 2 nitrogen and oxygen atoms in total. The van der Waals surface area contributed by atoms with E-state index in [0.29, 0.717) is 12.3 Å². The average molecular weight is 295 g/mol. The van der Waals surface area contributed by atoms with Gasteiger partial charge in [0.2, 0.25) is 5.91 Å². The monoisotopic (exact) mass is 295 g/mol. The lowest BCUT2D eigenvalue weighted by Crippen LogP contribution is -2.29. The van der Waals surface area contributed by atoms with Crippen LogP contribution in [0.5, 0.6) is 0 Å². The standard InChI is InChI=1S/C20H25NO/c1-16(2)15-19(18-11-7-4-8-12-18)21-20(22)14-13-17-9-5-3-6-10-17/h3-12,16,19H,13-15H2,1-2H3,(H,21,22)/t19-/m1/s1. The predicted molar refractivity (Wildman–Crippen MR) is 91.5 cm³/mol. The van der Waals surface area contributed by atoms with Crippen LogP contribution in [0.15, 0.2) is 60.7 Å². The molecule has 22 heavy (non-hydrogen) atoms. The first-order chi connectivity index (χ1) is 10.6. The van der Waals surface area contributed by atoms with Crippen molar-refractivity contribution in [2.24, 2.45) is 5.92 Å². The summed E-state index contributed by atoms with van der Waals surface area (Å²) in [7, 11) is 0. The van der Waals surface area contributed by atoms with E-state index < -0.39 is 0 Å². The summed E-state index contributed by atoms with van der Waals surface area (Å²) in [5.41, 5.74) is 2.39. The molecule has 0 heterocycles. The first kappa shape index (κ1) is 16.3. The van der Waals surface area contributed by atoms with Crippen LogP contribution in [0.3, 0.4) is 0 Å². The molecule has 2 rings (SSSR count). The first-order valence-electron chi connectivity index (χ1n) is 8.03. The Kier molecular flexibility index (Phi) is 6.20. The van der Waals surface area contributed by atoms with Gasteiger partial charge in [-0.1, -0.05) is 74.5 Å². The second-order valence-corrected chi connectivity index (χ2v) is 6.15. The van der Waals surface area contributed by atoms with Crippen LogP contribution in [-0.2, 0) is 11.2 Å². The zero-order valence-corrected chi connectivity index (χ0v) is 13.5. The average Bonchev–Trinajstić information content (AvgIpc) is 2.54. The quantitative estimate of drug-likeness (QED) is 0.799. The Morgan fingerprint density at radius 2 is 1.55 bits per heavy atom. The van der Waals surface area contributed by atoms with E-state index in [9.17, 15) is 4.79 Å². The van der Waals surface area contributed by atoms with Crippen molar-refractivity contribution in [1.29, 1.82) is 0 Å². The van der Waals surface area contributed by atoms with Crippen molar-refractivity contribution in [2.45, 2.75) is 39.2 Å². The highest BCUT2D eigenvalue weighted by atomic mass is 16.1. The van der Waals surface area contributed by atoms with Gasteiger partial charge in [-0.25, -0.2) is 0 Å². The Labute approximate surface area is 133 Å². The lowest BCUT2D eigenvalue weighted by atomic mass is 9.96. The maximum atomic E-state index is 12.3. The van der Waals surface area contributed by atoms with Crippen LogP contribution >= 0.6 is 0 Å². The number of nitrogens with one attached hydrogen (secondary N) is 1. The van der Waals surface area contributed by atoms with Crippen molar-refractivity contribution >= 4 is 5.91 Å². The third-order valence-electron chi connectivity index (χ3n) is 3.73. The minimum atomic E-state index is 0.101.